The molecule has 0 aliphatic rings. The molecule has 0 spiro atoms. The smallest absolute Gasteiger partial charge is 0.378 e. The van der Waals surface area contributed by atoms with Crippen molar-refractivity contribution in [3.8, 4) is 0 Å². The molecular weight excluding hydrogens is 140 g/mol. The minimum Gasteiger partial charge on any atom is -0.378 e. The van der Waals surface area contributed by atoms with E-state index in [9.17, 15) is 17.6 Å². The summed E-state index contributed by atoms with van der Waals surface area (Å²) in [5.41, 5.74) is -3.31. The summed E-state index contributed by atoms with van der Waals surface area (Å²) < 4.78 is 45.1. The van der Waals surface area contributed by atoms with Crippen LogP contribution in [0, 0.1) is 6.67 Å². The van der Waals surface area contributed by atoms with Gasteiger partial charge in [-0.15, -0.1) is 0 Å². The normalized spacial score (nSPS) is 19.3. The van der Waals surface area contributed by atoms with Gasteiger partial charge >= 0.3 is 6.18 Å². The molecule has 0 saturated carbocycles. The van der Waals surface area contributed by atoms with Gasteiger partial charge in [-0.05, 0) is 6.92 Å². The summed E-state index contributed by atoms with van der Waals surface area (Å²) in [7, 11) is 0. The van der Waals surface area contributed by atoms with Crippen molar-refractivity contribution in [1.82, 2.24) is 0 Å². The lowest BCUT2D eigenvalue weighted by Gasteiger charge is -2.21. The molecule has 1 N–H and O–H groups in total. The summed E-state index contributed by atoms with van der Waals surface area (Å²) in [6.07, 6.45) is -4.93. The van der Waals surface area contributed by atoms with E-state index in [1.807, 2.05) is 0 Å². The summed E-state index contributed by atoms with van der Waals surface area (Å²) in [6, 6.07) is 0. The van der Waals surface area contributed by atoms with Gasteiger partial charge < -0.3 is 5.11 Å². The van der Waals surface area contributed by atoms with Gasteiger partial charge in [0, 0.05) is 0 Å². The average Bonchev–Trinajstić information content (AvgIpc) is 1.64. The molecule has 0 aliphatic heterocycles. The van der Waals surface area contributed by atoms with Gasteiger partial charge in [-0.1, -0.05) is 0 Å². The van der Waals surface area contributed by atoms with Gasteiger partial charge in [0.25, 0.3) is 0 Å². The Balaban J connectivity index is 4.14. The average molecular weight is 145 g/mol. The first kappa shape index (κ1) is 8.68. The molecule has 0 amide bonds. The van der Waals surface area contributed by atoms with Gasteiger partial charge in [-0.2, -0.15) is 13.2 Å². The molecule has 0 aromatic carbocycles. The molecule has 0 aliphatic carbocycles. The second-order valence-electron chi connectivity index (χ2n) is 1.75. The molecule has 0 bridgehead atoms. The Labute approximate surface area is 49.3 Å². The monoisotopic (exact) mass is 145 g/mol. The van der Waals surface area contributed by atoms with E-state index in [0.717, 1.165) is 0 Å². The SMILES string of the molecule is CC(O)([CH]F)C(F)(F)F. The van der Waals surface area contributed by atoms with Gasteiger partial charge in [0.1, 0.15) is 0 Å². The van der Waals surface area contributed by atoms with E-state index in [1.54, 1.807) is 0 Å². The summed E-state index contributed by atoms with van der Waals surface area (Å²) in [6.45, 7) is -0.472. The highest BCUT2D eigenvalue weighted by molar-refractivity contribution is 4.88. The zero-order valence-electron chi connectivity index (χ0n) is 4.54. The van der Waals surface area contributed by atoms with Crippen molar-refractivity contribution in [1.29, 1.82) is 0 Å². The number of alkyl halides is 3. The van der Waals surface area contributed by atoms with Crippen molar-refractivity contribution in [2.24, 2.45) is 0 Å². The highest BCUT2D eigenvalue weighted by Crippen LogP contribution is 2.31. The summed E-state index contributed by atoms with van der Waals surface area (Å²) in [4.78, 5) is 0. The molecular formula is C4H5F4O. The van der Waals surface area contributed by atoms with Crippen LogP contribution in [0.15, 0.2) is 0 Å². The van der Waals surface area contributed by atoms with E-state index in [2.05, 4.69) is 0 Å². The summed E-state index contributed by atoms with van der Waals surface area (Å²) >= 11 is 0. The highest BCUT2D eigenvalue weighted by atomic mass is 19.4. The molecule has 1 nitrogen and oxygen atoms in total. The maximum atomic E-state index is 11.3. The zero-order chi connectivity index (χ0) is 7.71. The van der Waals surface area contributed by atoms with Crippen LogP contribution >= 0.6 is 0 Å². The van der Waals surface area contributed by atoms with Crippen molar-refractivity contribution in [3.05, 3.63) is 6.67 Å². The van der Waals surface area contributed by atoms with Crippen LogP contribution in [0.2, 0.25) is 0 Å². The van der Waals surface area contributed by atoms with Crippen LogP contribution in [0.4, 0.5) is 17.6 Å². The van der Waals surface area contributed by atoms with E-state index in [-0.39, 0.29) is 0 Å². The van der Waals surface area contributed by atoms with E-state index in [0.29, 0.717) is 6.92 Å². The van der Waals surface area contributed by atoms with Crippen LogP contribution in [0.5, 0.6) is 0 Å². The molecule has 55 valence electrons. The lowest BCUT2D eigenvalue weighted by atomic mass is 10.1. The Kier molecular flexibility index (Phi) is 2.06. The van der Waals surface area contributed by atoms with Crippen LogP contribution in [-0.2, 0) is 0 Å². The van der Waals surface area contributed by atoms with E-state index >= 15 is 0 Å². The molecule has 0 heterocycles. The molecule has 9 heavy (non-hydrogen) atoms. The Bertz CT molecular complexity index is 95.2. The van der Waals surface area contributed by atoms with Crippen molar-refractivity contribution in [2.75, 3.05) is 0 Å². The van der Waals surface area contributed by atoms with Crippen molar-refractivity contribution in [3.63, 3.8) is 0 Å². The second-order valence-corrected chi connectivity index (χ2v) is 1.75. The largest absolute Gasteiger partial charge is 0.419 e. The van der Waals surface area contributed by atoms with Gasteiger partial charge in [-0.3, -0.25) is 0 Å². The molecule has 0 aromatic rings. The van der Waals surface area contributed by atoms with Gasteiger partial charge in [-0.25, -0.2) is 4.39 Å². The van der Waals surface area contributed by atoms with Crippen LogP contribution in [-0.4, -0.2) is 16.9 Å². The number of aliphatic hydroxyl groups is 1. The summed E-state index contributed by atoms with van der Waals surface area (Å²) in [5, 5.41) is 8.10. The number of rotatable bonds is 1. The summed E-state index contributed by atoms with van der Waals surface area (Å²) in [5.74, 6) is 0. The molecule has 0 fully saturated rings. The van der Waals surface area contributed by atoms with E-state index in [1.165, 1.54) is 0 Å². The molecule has 0 saturated heterocycles. The highest BCUT2D eigenvalue weighted by Gasteiger charge is 2.50. The van der Waals surface area contributed by atoms with Crippen molar-refractivity contribution in [2.45, 2.75) is 18.7 Å². The second kappa shape index (κ2) is 2.13. The third-order valence-corrected chi connectivity index (χ3v) is 0.786. The third-order valence-electron chi connectivity index (χ3n) is 0.786. The quantitative estimate of drug-likeness (QED) is 0.553. The van der Waals surface area contributed by atoms with Crippen LogP contribution in [0.1, 0.15) is 6.92 Å². The number of hydrogen-bond donors (Lipinski definition) is 1. The first-order chi connectivity index (χ1) is 3.81. The zero-order valence-corrected chi connectivity index (χ0v) is 4.54. The lowest BCUT2D eigenvalue weighted by molar-refractivity contribution is -0.245. The fourth-order valence-corrected chi connectivity index (χ4v) is 0.0619. The topological polar surface area (TPSA) is 20.2 Å². The van der Waals surface area contributed by atoms with Crippen LogP contribution in [0.25, 0.3) is 0 Å². The Morgan fingerprint density at radius 1 is 1.33 bits per heavy atom. The Hall–Kier alpha value is -0.320. The molecule has 5 heteroatoms. The maximum Gasteiger partial charge on any atom is 0.419 e. The first-order valence-corrected chi connectivity index (χ1v) is 2.05. The molecule has 0 aromatic heterocycles. The Morgan fingerprint density at radius 2 is 1.67 bits per heavy atom. The van der Waals surface area contributed by atoms with Crippen molar-refractivity contribution >= 4 is 0 Å². The van der Waals surface area contributed by atoms with Crippen LogP contribution < -0.4 is 0 Å². The van der Waals surface area contributed by atoms with E-state index < -0.39 is 18.5 Å². The predicted molar refractivity (Wildman–Crippen MR) is 22.1 cm³/mol. The standard InChI is InChI=1S/C4H5F4O/c1-3(9,2-5)4(6,7)8/h2,9H,1H3. The lowest BCUT2D eigenvalue weighted by Crippen LogP contribution is -2.41. The fraction of sp³-hybridized carbons (Fsp3) is 0.750. The van der Waals surface area contributed by atoms with Gasteiger partial charge in [0.05, 0.1) is 0 Å². The number of hydrogen-bond acceptors (Lipinski definition) is 1. The first-order valence-electron chi connectivity index (χ1n) is 2.05. The minimum atomic E-state index is -4.93. The minimum absolute atomic E-state index is 0.326. The van der Waals surface area contributed by atoms with Gasteiger partial charge in [0.2, 0.25) is 0 Å². The molecule has 1 unspecified atom stereocenters. The maximum absolute atomic E-state index is 11.3. The molecule has 0 rings (SSSR count). The Morgan fingerprint density at radius 3 is 1.67 bits per heavy atom. The third kappa shape index (κ3) is 1.82. The predicted octanol–water partition coefficient (Wildman–Crippen LogP) is 1.43. The van der Waals surface area contributed by atoms with Gasteiger partial charge in [0.15, 0.2) is 12.3 Å². The van der Waals surface area contributed by atoms with Crippen LogP contribution in [0.3, 0.4) is 0 Å². The number of halogens is 4. The molecule has 1 atom stereocenters. The fourth-order valence-electron chi connectivity index (χ4n) is 0.0619. The van der Waals surface area contributed by atoms with Crippen molar-refractivity contribution < 1.29 is 22.7 Å². The van der Waals surface area contributed by atoms with E-state index in [4.69, 9.17) is 5.11 Å². The molecule has 1 radical (unpaired) electrons.